The molecule has 19 heavy (non-hydrogen) atoms. The summed E-state index contributed by atoms with van der Waals surface area (Å²) in [7, 11) is 2.00. The van der Waals surface area contributed by atoms with Gasteiger partial charge < -0.3 is 5.32 Å². The summed E-state index contributed by atoms with van der Waals surface area (Å²) >= 11 is 0. The molecule has 3 aromatic rings. The van der Waals surface area contributed by atoms with Gasteiger partial charge in [-0.1, -0.05) is 62.4 Å². The highest BCUT2D eigenvalue weighted by Crippen LogP contribution is 2.39. The van der Waals surface area contributed by atoms with E-state index >= 15 is 0 Å². The Morgan fingerprint density at radius 2 is 1.16 bits per heavy atom. The zero-order chi connectivity index (χ0) is 13.4. The first-order valence-corrected chi connectivity index (χ1v) is 6.85. The van der Waals surface area contributed by atoms with E-state index in [-0.39, 0.29) is 0 Å². The molecule has 0 radical (unpaired) electrons. The molecular weight excluding hydrogens is 230 g/mol. The Balaban J connectivity index is 2.61. The number of nitrogens with one attached hydrogen (secondary N) is 1. The largest absolute Gasteiger partial charge is 0.387 e. The highest BCUT2D eigenvalue weighted by molar-refractivity contribution is 6.13. The first-order chi connectivity index (χ1) is 9.24. The normalized spacial score (nSPS) is 11.4. The first kappa shape index (κ1) is 12.0. The Morgan fingerprint density at radius 3 is 1.53 bits per heavy atom. The second-order valence-corrected chi connectivity index (χ2v) is 5.28. The molecule has 0 fully saturated rings. The third kappa shape index (κ3) is 1.77. The van der Waals surface area contributed by atoms with Crippen molar-refractivity contribution in [1.82, 2.24) is 0 Å². The molecule has 1 nitrogen and oxygen atoms in total. The van der Waals surface area contributed by atoms with Gasteiger partial charge in [-0.15, -0.1) is 0 Å². The predicted molar refractivity (Wildman–Crippen MR) is 85.1 cm³/mol. The van der Waals surface area contributed by atoms with Crippen LogP contribution in [0.5, 0.6) is 0 Å². The second-order valence-electron chi connectivity index (χ2n) is 5.28. The van der Waals surface area contributed by atoms with Crippen molar-refractivity contribution in [2.45, 2.75) is 19.8 Å². The lowest BCUT2D eigenvalue weighted by Crippen LogP contribution is -1.97. The highest BCUT2D eigenvalue weighted by Gasteiger charge is 2.14. The van der Waals surface area contributed by atoms with Crippen molar-refractivity contribution in [2.24, 2.45) is 0 Å². The molecule has 0 spiro atoms. The summed E-state index contributed by atoms with van der Waals surface area (Å²) in [6, 6.07) is 17.4. The summed E-state index contributed by atoms with van der Waals surface area (Å²) in [5, 5.41) is 8.73. The maximum Gasteiger partial charge on any atom is 0.0497 e. The van der Waals surface area contributed by atoms with E-state index in [1.807, 2.05) is 7.05 Å². The molecule has 3 aromatic carbocycles. The van der Waals surface area contributed by atoms with E-state index in [4.69, 9.17) is 0 Å². The molecule has 0 aliphatic rings. The van der Waals surface area contributed by atoms with E-state index in [1.54, 1.807) is 0 Å². The number of rotatable bonds is 2. The number of benzene rings is 3. The summed E-state index contributed by atoms with van der Waals surface area (Å²) in [4.78, 5) is 0. The lowest BCUT2D eigenvalue weighted by Gasteiger charge is -2.18. The highest BCUT2D eigenvalue weighted by atomic mass is 14.8. The quantitative estimate of drug-likeness (QED) is 0.619. The fourth-order valence-electron chi connectivity index (χ4n) is 3.05. The van der Waals surface area contributed by atoms with Crippen LogP contribution in [-0.2, 0) is 0 Å². The van der Waals surface area contributed by atoms with E-state index in [2.05, 4.69) is 67.7 Å². The van der Waals surface area contributed by atoms with Crippen LogP contribution in [0.2, 0.25) is 0 Å². The van der Waals surface area contributed by atoms with Crippen molar-refractivity contribution in [1.29, 1.82) is 0 Å². The molecule has 0 amide bonds. The van der Waals surface area contributed by atoms with Crippen LogP contribution < -0.4 is 5.32 Å². The van der Waals surface area contributed by atoms with Gasteiger partial charge in [0.15, 0.2) is 0 Å². The van der Waals surface area contributed by atoms with Crippen molar-refractivity contribution in [3.05, 3.63) is 54.1 Å². The average molecular weight is 249 g/mol. The summed E-state index contributed by atoms with van der Waals surface area (Å²) in [5.41, 5.74) is 2.68. The molecule has 0 unspecified atom stereocenters. The number of hydrogen-bond acceptors (Lipinski definition) is 1. The van der Waals surface area contributed by atoms with Gasteiger partial charge in [-0.2, -0.15) is 0 Å². The van der Waals surface area contributed by atoms with Crippen LogP contribution in [0.1, 0.15) is 25.3 Å². The maximum absolute atomic E-state index is 3.38. The number of fused-ring (bicyclic) bond motifs is 2. The predicted octanol–water partition coefficient (Wildman–Crippen LogP) is 5.16. The lowest BCUT2D eigenvalue weighted by molar-refractivity contribution is 0.885. The van der Waals surface area contributed by atoms with Gasteiger partial charge in [0.1, 0.15) is 0 Å². The van der Waals surface area contributed by atoms with Gasteiger partial charge in [0.25, 0.3) is 0 Å². The molecule has 0 bridgehead atoms. The van der Waals surface area contributed by atoms with Gasteiger partial charge in [-0.25, -0.2) is 0 Å². The standard InChI is InChI=1S/C18H19N/c1-12(2)17-13-8-4-6-10-15(13)18(19-3)16-11-7-5-9-14(16)17/h4-12,19H,1-3H3. The minimum absolute atomic E-state index is 0.515. The summed E-state index contributed by atoms with van der Waals surface area (Å²) in [5.74, 6) is 0.515. The summed E-state index contributed by atoms with van der Waals surface area (Å²) < 4.78 is 0. The van der Waals surface area contributed by atoms with Crippen LogP contribution in [0, 0.1) is 0 Å². The van der Waals surface area contributed by atoms with E-state index < -0.39 is 0 Å². The third-order valence-electron chi connectivity index (χ3n) is 3.80. The fourth-order valence-corrected chi connectivity index (χ4v) is 3.05. The summed E-state index contributed by atoms with van der Waals surface area (Å²) in [6.07, 6.45) is 0. The summed E-state index contributed by atoms with van der Waals surface area (Å²) in [6.45, 7) is 4.54. The Morgan fingerprint density at radius 1 is 0.737 bits per heavy atom. The van der Waals surface area contributed by atoms with Crippen LogP contribution in [0.15, 0.2) is 48.5 Å². The van der Waals surface area contributed by atoms with Gasteiger partial charge in [0, 0.05) is 23.5 Å². The van der Waals surface area contributed by atoms with Crippen LogP contribution >= 0.6 is 0 Å². The molecule has 0 heterocycles. The monoisotopic (exact) mass is 249 g/mol. The fraction of sp³-hybridized carbons (Fsp3) is 0.222. The lowest BCUT2D eigenvalue weighted by atomic mass is 9.89. The molecular formula is C18H19N. The van der Waals surface area contributed by atoms with E-state index in [0.29, 0.717) is 5.92 Å². The molecule has 0 aliphatic carbocycles. The van der Waals surface area contributed by atoms with E-state index in [0.717, 1.165) is 0 Å². The van der Waals surface area contributed by atoms with Gasteiger partial charge in [0.05, 0.1) is 0 Å². The average Bonchev–Trinajstić information content (AvgIpc) is 2.44. The van der Waals surface area contributed by atoms with Crippen molar-refractivity contribution in [3.63, 3.8) is 0 Å². The molecule has 0 aromatic heterocycles. The molecule has 3 rings (SSSR count). The Bertz CT molecular complexity index is 684. The smallest absolute Gasteiger partial charge is 0.0497 e. The van der Waals surface area contributed by atoms with Crippen LogP contribution in [-0.4, -0.2) is 7.05 Å². The minimum atomic E-state index is 0.515. The zero-order valence-electron chi connectivity index (χ0n) is 11.7. The second kappa shape index (κ2) is 4.58. The van der Waals surface area contributed by atoms with Gasteiger partial charge in [-0.05, 0) is 22.3 Å². The van der Waals surface area contributed by atoms with E-state index in [9.17, 15) is 0 Å². The van der Waals surface area contributed by atoms with Gasteiger partial charge in [-0.3, -0.25) is 0 Å². The maximum atomic E-state index is 3.38. The van der Waals surface area contributed by atoms with E-state index in [1.165, 1.54) is 32.8 Å². The molecule has 0 saturated heterocycles. The Hall–Kier alpha value is -2.02. The van der Waals surface area contributed by atoms with Crippen molar-refractivity contribution >= 4 is 27.2 Å². The Kier molecular flexibility index (Phi) is 2.90. The third-order valence-corrected chi connectivity index (χ3v) is 3.80. The molecule has 1 heteroatoms. The molecule has 96 valence electrons. The van der Waals surface area contributed by atoms with Crippen LogP contribution in [0.25, 0.3) is 21.5 Å². The first-order valence-electron chi connectivity index (χ1n) is 6.85. The number of anilines is 1. The topological polar surface area (TPSA) is 12.0 Å². The van der Waals surface area contributed by atoms with Crippen molar-refractivity contribution < 1.29 is 0 Å². The molecule has 0 atom stereocenters. The minimum Gasteiger partial charge on any atom is -0.387 e. The SMILES string of the molecule is CNc1c2ccccc2c(C(C)C)c2ccccc12. The number of hydrogen-bond donors (Lipinski definition) is 1. The molecule has 1 N–H and O–H groups in total. The van der Waals surface area contributed by atoms with Crippen molar-refractivity contribution in [2.75, 3.05) is 12.4 Å². The van der Waals surface area contributed by atoms with Gasteiger partial charge in [0.2, 0.25) is 0 Å². The van der Waals surface area contributed by atoms with Gasteiger partial charge >= 0.3 is 0 Å². The zero-order valence-corrected chi connectivity index (χ0v) is 11.7. The van der Waals surface area contributed by atoms with Crippen molar-refractivity contribution in [3.8, 4) is 0 Å². The van der Waals surface area contributed by atoms with Crippen LogP contribution in [0.4, 0.5) is 5.69 Å². The van der Waals surface area contributed by atoms with Crippen LogP contribution in [0.3, 0.4) is 0 Å². The molecule has 0 aliphatic heterocycles. The molecule has 0 saturated carbocycles. The Labute approximate surface area is 114 Å².